The van der Waals surface area contributed by atoms with Crippen molar-refractivity contribution >= 4 is 27.3 Å². The van der Waals surface area contributed by atoms with Crippen LogP contribution in [0.1, 0.15) is 18.5 Å². The van der Waals surface area contributed by atoms with Crippen LogP contribution in [0, 0.1) is 6.92 Å². The van der Waals surface area contributed by atoms with E-state index in [0.29, 0.717) is 26.3 Å². The van der Waals surface area contributed by atoms with Crippen LogP contribution in [0.25, 0.3) is 4.96 Å². The van der Waals surface area contributed by atoms with Gasteiger partial charge in [-0.3, -0.25) is 4.79 Å². The number of aryl methyl sites for hydroxylation is 1. The molecular formula is C14H19N5O2S. The minimum Gasteiger partial charge on any atom is -0.378 e. The molecule has 4 heterocycles. The van der Waals surface area contributed by atoms with Crippen LogP contribution in [0.3, 0.4) is 0 Å². The summed E-state index contributed by atoms with van der Waals surface area (Å²) in [7, 11) is 0. The number of anilines is 1. The first-order valence-corrected chi connectivity index (χ1v) is 8.50. The Bertz CT molecular complexity index is 659. The molecule has 1 atom stereocenters. The molecule has 118 valence electrons. The predicted molar refractivity (Wildman–Crippen MR) is 83.4 cm³/mol. The molecule has 2 saturated heterocycles. The van der Waals surface area contributed by atoms with Crippen LogP contribution in [0.15, 0.2) is 6.20 Å². The standard InChI is InChI=1S/C14H19N5O2S/c1-10-9-19-13(15-10)22-14(16-19)18-4-2-3-11(18)12(20)17-5-7-21-8-6-17/h9,11H,2-8H2,1H3. The van der Waals surface area contributed by atoms with Crippen LogP contribution >= 0.6 is 11.3 Å². The van der Waals surface area contributed by atoms with Gasteiger partial charge in [0.2, 0.25) is 16.0 Å². The minimum absolute atomic E-state index is 0.0879. The average Bonchev–Trinajstić information content (AvgIpc) is 3.20. The van der Waals surface area contributed by atoms with Gasteiger partial charge in [0.25, 0.3) is 0 Å². The van der Waals surface area contributed by atoms with Gasteiger partial charge in [0.15, 0.2) is 0 Å². The molecule has 0 N–H and O–H groups in total. The molecule has 2 aliphatic heterocycles. The number of rotatable bonds is 2. The summed E-state index contributed by atoms with van der Waals surface area (Å²) in [5.41, 5.74) is 0.965. The second-order valence-corrected chi connectivity index (χ2v) is 6.72. The Kier molecular flexibility index (Phi) is 3.50. The summed E-state index contributed by atoms with van der Waals surface area (Å²) in [6.45, 7) is 5.52. The molecule has 2 aliphatic rings. The smallest absolute Gasteiger partial charge is 0.245 e. The number of nitrogens with zero attached hydrogens (tertiary/aromatic N) is 5. The highest BCUT2D eigenvalue weighted by molar-refractivity contribution is 7.20. The highest BCUT2D eigenvalue weighted by Crippen LogP contribution is 2.30. The lowest BCUT2D eigenvalue weighted by Crippen LogP contribution is -2.49. The summed E-state index contributed by atoms with van der Waals surface area (Å²) in [6, 6.07) is -0.0879. The Morgan fingerprint density at radius 2 is 2.18 bits per heavy atom. The van der Waals surface area contributed by atoms with Gasteiger partial charge in [-0.25, -0.2) is 9.50 Å². The van der Waals surface area contributed by atoms with E-state index in [1.807, 2.05) is 22.5 Å². The van der Waals surface area contributed by atoms with Crippen molar-refractivity contribution in [2.75, 3.05) is 37.7 Å². The van der Waals surface area contributed by atoms with Gasteiger partial charge in [0, 0.05) is 19.6 Å². The topological polar surface area (TPSA) is 63.0 Å². The first kappa shape index (κ1) is 14.0. The van der Waals surface area contributed by atoms with Gasteiger partial charge >= 0.3 is 0 Å². The average molecular weight is 321 g/mol. The molecule has 7 nitrogen and oxygen atoms in total. The van der Waals surface area contributed by atoms with E-state index in [2.05, 4.69) is 15.0 Å². The highest BCUT2D eigenvalue weighted by atomic mass is 32.1. The van der Waals surface area contributed by atoms with Gasteiger partial charge in [-0.15, -0.1) is 5.10 Å². The van der Waals surface area contributed by atoms with Crippen LogP contribution in [-0.2, 0) is 9.53 Å². The SMILES string of the molecule is Cc1cn2nc(N3CCCC3C(=O)N3CCOCC3)sc2n1. The second-order valence-electron chi connectivity index (χ2n) is 5.78. The fourth-order valence-electron chi connectivity index (χ4n) is 3.16. The van der Waals surface area contributed by atoms with Gasteiger partial charge in [-0.1, -0.05) is 11.3 Å². The lowest BCUT2D eigenvalue weighted by molar-refractivity contribution is -0.136. The summed E-state index contributed by atoms with van der Waals surface area (Å²) in [5, 5.41) is 5.49. The summed E-state index contributed by atoms with van der Waals surface area (Å²) >= 11 is 1.55. The fourth-order valence-corrected chi connectivity index (χ4v) is 4.17. The van der Waals surface area contributed by atoms with E-state index >= 15 is 0 Å². The summed E-state index contributed by atoms with van der Waals surface area (Å²) in [6.07, 6.45) is 3.85. The van der Waals surface area contributed by atoms with E-state index in [0.717, 1.165) is 35.2 Å². The van der Waals surface area contributed by atoms with E-state index in [1.165, 1.54) is 0 Å². The summed E-state index contributed by atoms with van der Waals surface area (Å²) in [4.78, 5) is 22.2. The number of hydrogen-bond acceptors (Lipinski definition) is 6. The van der Waals surface area contributed by atoms with Crippen molar-refractivity contribution < 1.29 is 9.53 Å². The molecule has 4 rings (SSSR count). The van der Waals surface area contributed by atoms with Gasteiger partial charge < -0.3 is 14.5 Å². The molecule has 1 unspecified atom stereocenters. The second kappa shape index (κ2) is 5.51. The molecule has 0 saturated carbocycles. The maximum Gasteiger partial charge on any atom is 0.245 e. The predicted octanol–water partition coefficient (Wildman–Crippen LogP) is 0.927. The van der Waals surface area contributed by atoms with Crippen molar-refractivity contribution in [1.82, 2.24) is 19.5 Å². The number of carbonyl (C=O) groups excluding carboxylic acids is 1. The number of ether oxygens (including phenoxy) is 1. The Balaban J connectivity index is 1.56. The number of morpholine rings is 1. The molecule has 1 amide bonds. The lowest BCUT2D eigenvalue weighted by atomic mass is 10.2. The van der Waals surface area contributed by atoms with E-state index in [4.69, 9.17) is 4.74 Å². The maximum atomic E-state index is 12.8. The van der Waals surface area contributed by atoms with E-state index in [-0.39, 0.29) is 11.9 Å². The molecule has 0 bridgehead atoms. The molecule has 22 heavy (non-hydrogen) atoms. The third kappa shape index (κ3) is 2.36. The van der Waals surface area contributed by atoms with Crippen LogP contribution in [0.5, 0.6) is 0 Å². The molecule has 2 aromatic heterocycles. The molecule has 2 fully saturated rings. The molecule has 0 aromatic carbocycles. The third-order valence-corrected chi connectivity index (χ3v) is 5.22. The van der Waals surface area contributed by atoms with Crippen LogP contribution in [0.4, 0.5) is 5.13 Å². The molecule has 8 heteroatoms. The minimum atomic E-state index is -0.0879. The largest absolute Gasteiger partial charge is 0.378 e. The number of imidazole rings is 1. The van der Waals surface area contributed by atoms with Crippen molar-refractivity contribution in [3.8, 4) is 0 Å². The number of carbonyl (C=O) groups is 1. The first-order chi connectivity index (χ1) is 10.7. The van der Waals surface area contributed by atoms with Gasteiger partial charge in [0.05, 0.1) is 25.1 Å². The number of aromatic nitrogens is 3. The summed E-state index contributed by atoms with van der Waals surface area (Å²) < 4.78 is 7.14. The lowest BCUT2D eigenvalue weighted by Gasteiger charge is -2.32. The van der Waals surface area contributed by atoms with E-state index in [1.54, 1.807) is 11.3 Å². The van der Waals surface area contributed by atoms with Crippen LogP contribution in [-0.4, -0.2) is 64.3 Å². The number of amides is 1. The molecule has 2 aromatic rings. The zero-order valence-corrected chi connectivity index (χ0v) is 13.4. The Hall–Kier alpha value is -1.67. The zero-order chi connectivity index (χ0) is 15.1. The molecule has 0 spiro atoms. The monoisotopic (exact) mass is 321 g/mol. The summed E-state index contributed by atoms with van der Waals surface area (Å²) in [5.74, 6) is 0.213. The van der Waals surface area contributed by atoms with Gasteiger partial charge in [-0.05, 0) is 19.8 Å². The Morgan fingerprint density at radius 1 is 1.36 bits per heavy atom. The van der Waals surface area contributed by atoms with Crippen molar-refractivity contribution in [3.05, 3.63) is 11.9 Å². The van der Waals surface area contributed by atoms with E-state index < -0.39 is 0 Å². The van der Waals surface area contributed by atoms with Gasteiger partial charge in [-0.2, -0.15) is 0 Å². The third-order valence-electron chi connectivity index (χ3n) is 4.26. The van der Waals surface area contributed by atoms with E-state index in [9.17, 15) is 4.79 Å². The normalized spacial score (nSPS) is 22.7. The molecular weight excluding hydrogens is 302 g/mol. The van der Waals surface area contributed by atoms with Crippen molar-refractivity contribution in [1.29, 1.82) is 0 Å². The first-order valence-electron chi connectivity index (χ1n) is 7.68. The zero-order valence-electron chi connectivity index (χ0n) is 12.6. The Morgan fingerprint density at radius 3 is 2.95 bits per heavy atom. The van der Waals surface area contributed by atoms with Crippen molar-refractivity contribution in [2.24, 2.45) is 0 Å². The highest BCUT2D eigenvalue weighted by Gasteiger charge is 2.36. The quantitative estimate of drug-likeness (QED) is 0.823. The molecule has 0 radical (unpaired) electrons. The Labute approximate surface area is 132 Å². The van der Waals surface area contributed by atoms with Crippen LogP contribution < -0.4 is 4.90 Å². The number of hydrogen-bond donors (Lipinski definition) is 0. The maximum absolute atomic E-state index is 12.8. The van der Waals surface area contributed by atoms with Gasteiger partial charge in [0.1, 0.15) is 6.04 Å². The fraction of sp³-hybridized carbons (Fsp3) is 0.643. The van der Waals surface area contributed by atoms with Crippen molar-refractivity contribution in [2.45, 2.75) is 25.8 Å². The van der Waals surface area contributed by atoms with Crippen LogP contribution in [0.2, 0.25) is 0 Å². The number of fused-ring (bicyclic) bond motifs is 1. The van der Waals surface area contributed by atoms with Crippen molar-refractivity contribution in [3.63, 3.8) is 0 Å². The molecule has 0 aliphatic carbocycles.